The molecule has 78 valence electrons. The van der Waals surface area contributed by atoms with E-state index in [-0.39, 0.29) is 0 Å². The highest BCUT2D eigenvalue weighted by Gasteiger charge is 2.04. The number of nitrogens with zero attached hydrogens (tertiary/aromatic N) is 1. The van der Waals surface area contributed by atoms with Gasteiger partial charge >= 0.3 is 0 Å². The molecule has 0 saturated heterocycles. The van der Waals surface area contributed by atoms with E-state index in [9.17, 15) is 5.11 Å². The molecule has 1 heterocycles. The van der Waals surface area contributed by atoms with Crippen LogP contribution in [0.2, 0.25) is 0 Å². The Balaban J connectivity index is 2.55. The molecule has 1 aromatic carbocycles. The standard InChI is InChI=1S/C12H13NO2/c1-8(14)11-5-3-9-7-10(15-2)4-6-12(9)13-11/h3-8,14H,1-2H3. The number of hydrogen-bond donors (Lipinski definition) is 1. The Bertz CT molecular complexity index is 480. The second-order valence-electron chi connectivity index (χ2n) is 3.47. The molecular formula is C12H13NO2. The monoisotopic (exact) mass is 203 g/mol. The predicted molar refractivity (Wildman–Crippen MR) is 58.9 cm³/mol. The first kappa shape index (κ1) is 9.93. The predicted octanol–water partition coefficient (Wildman–Crippen LogP) is 2.30. The minimum atomic E-state index is -0.531. The van der Waals surface area contributed by atoms with E-state index in [2.05, 4.69) is 4.98 Å². The zero-order chi connectivity index (χ0) is 10.8. The second kappa shape index (κ2) is 3.87. The summed E-state index contributed by atoms with van der Waals surface area (Å²) in [6.07, 6.45) is -0.531. The van der Waals surface area contributed by atoms with Gasteiger partial charge in [-0.25, -0.2) is 0 Å². The molecule has 1 unspecified atom stereocenters. The van der Waals surface area contributed by atoms with Gasteiger partial charge in [0.1, 0.15) is 5.75 Å². The highest BCUT2D eigenvalue weighted by Crippen LogP contribution is 2.21. The molecule has 1 atom stereocenters. The Kier molecular flexibility index (Phi) is 2.56. The van der Waals surface area contributed by atoms with Crippen LogP contribution in [0.4, 0.5) is 0 Å². The molecule has 2 aromatic rings. The van der Waals surface area contributed by atoms with Crippen molar-refractivity contribution >= 4 is 10.9 Å². The van der Waals surface area contributed by atoms with Gasteiger partial charge in [0.05, 0.1) is 24.4 Å². The van der Waals surface area contributed by atoms with Gasteiger partial charge in [-0.15, -0.1) is 0 Å². The summed E-state index contributed by atoms with van der Waals surface area (Å²) in [5.74, 6) is 0.814. The fraction of sp³-hybridized carbons (Fsp3) is 0.250. The van der Waals surface area contributed by atoms with Crippen molar-refractivity contribution in [2.24, 2.45) is 0 Å². The van der Waals surface area contributed by atoms with Crippen LogP contribution in [0.1, 0.15) is 18.7 Å². The molecule has 2 rings (SSSR count). The van der Waals surface area contributed by atoms with E-state index in [1.54, 1.807) is 14.0 Å². The Morgan fingerprint density at radius 2 is 2.07 bits per heavy atom. The number of aliphatic hydroxyl groups is 1. The molecule has 1 N–H and O–H groups in total. The molecule has 0 aliphatic rings. The van der Waals surface area contributed by atoms with Gasteiger partial charge in [-0.05, 0) is 31.2 Å². The van der Waals surface area contributed by atoms with Gasteiger partial charge in [0.15, 0.2) is 0 Å². The molecule has 0 spiro atoms. The number of hydrogen-bond acceptors (Lipinski definition) is 3. The lowest BCUT2D eigenvalue weighted by Gasteiger charge is -2.06. The van der Waals surface area contributed by atoms with Crippen LogP contribution in [0.25, 0.3) is 10.9 Å². The average Bonchev–Trinajstić information content (AvgIpc) is 2.27. The van der Waals surface area contributed by atoms with Crippen molar-refractivity contribution in [2.75, 3.05) is 7.11 Å². The largest absolute Gasteiger partial charge is 0.497 e. The summed E-state index contributed by atoms with van der Waals surface area (Å²) < 4.78 is 5.12. The van der Waals surface area contributed by atoms with Crippen LogP contribution in [0.5, 0.6) is 5.75 Å². The first-order chi connectivity index (χ1) is 7.20. The maximum absolute atomic E-state index is 9.40. The topological polar surface area (TPSA) is 42.4 Å². The number of rotatable bonds is 2. The normalized spacial score (nSPS) is 12.7. The van der Waals surface area contributed by atoms with Crippen molar-refractivity contribution in [3.05, 3.63) is 36.0 Å². The summed E-state index contributed by atoms with van der Waals surface area (Å²) in [6, 6.07) is 9.44. The Labute approximate surface area is 88.3 Å². The lowest BCUT2D eigenvalue weighted by molar-refractivity contribution is 0.195. The van der Waals surface area contributed by atoms with Gasteiger partial charge in [0, 0.05) is 5.39 Å². The molecule has 0 radical (unpaired) electrons. The molecular weight excluding hydrogens is 190 g/mol. The minimum absolute atomic E-state index is 0.531. The number of pyridine rings is 1. The quantitative estimate of drug-likeness (QED) is 0.814. The van der Waals surface area contributed by atoms with Crippen molar-refractivity contribution in [1.82, 2.24) is 4.98 Å². The molecule has 3 heteroatoms. The van der Waals surface area contributed by atoms with Crippen molar-refractivity contribution in [2.45, 2.75) is 13.0 Å². The van der Waals surface area contributed by atoms with Crippen molar-refractivity contribution in [3.8, 4) is 5.75 Å². The number of ether oxygens (including phenoxy) is 1. The van der Waals surface area contributed by atoms with E-state index in [0.717, 1.165) is 16.7 Å². The Morgan fingerprint density at radius 3 is 2.73 bits per heavy atom. The first-order valence-electron chi connectivity index (χ1n) is 4.83. The molecule has 3 nitrogen and oxygen atoms in total. The van der Waals surface area contributed by atoms with Crippen LogP contribution in [-0.4, -0.2) is 17.2 Å². The number of fused-ring (bicyclic) bond motifs is 1. The van der Waals surface area contributed by atoms with Crippen molar-refractivity contribution in [1.29, 1.82) is 0 Å². The number of aliphatic hydroxyl groups excluding tert-OH is 1. The van der Waals surface area contributed by atoms with Crippen molar-refractivity contribution < 1.29 is 9.84 Å². The fourth-order valence-corrected chi connectivity index (χ4v) is 1.48. The third-order valence-corrected chi connectivity index (χ3v) is 2.35. The van der Waals surface area contributed by atoms with Crippen LogP contribution in [-0.2, 0) is 0 Å². The summed E-state index contributed by atoms with van der Waals surface area (Å²) >= 11 is 0. The van der Waals surface area contributed by atoms with Gasteiger partial charge in [0.25, 0.3) is 0 Å². The Hall–Kier alpha value is -1.61. The smallest absolute Gasteiger partial charge is 0.119 e. The van der Waals surface area contributed by atoms with Gasteiger partial charge in [-0.3, -0.25) is 4.98 Å². The number of methoxy groups -OCH3 is 1. The highest BCUT2D eigenvalue weighted by atomic mass is 16.5. The third kappa shape index (κ3) is 1.92. The highest BCUT2D eigenvalue weighted by molar-refractivity contribution is 5.80. The Morgan fingerprint density at radius 1 is 1.27 bits per heavy atom. The van der Waals surface area contributed by atoms with Gasteiger partial charge in [0.2, 0.25) is 0 Å². The summed E-state index contributed by atoms with van der Waals surface area (Å²) in [5.41, 5.74) is 1.56. The zero-order valence-corrected chi connectivity index (χ0v) is 8.77. The van der Waals surface area contributed by atoms with Crippen molar-refractivity contribution in [3.63, 3.8) is 0 Å². The van der Waals surface area contributed by atoms with E-state index in [4.69, 9.17) is 4.74 Å². The fourth-order valence-electron chi connectivity index (χ4n) is 1.48. The SMILES string of the molecule is COc1ccc2nc(C(C)O)ccc2c1. The second-order valence-corrected chi connectivity index (χ2v) is 3.47. The zero-order valence-electron chi connectivity index (χ0n) is 8.77. The van der Waals surface area contributed by atoms with Crippen LogP contribution in [0.3, 0.4) is 0 Å². The maximum atomic E-state index is 9.40. The third-order valence-electron chi connectivity index (χ3n) is 2.35. The van der Waals surface area contributed by atoms with E-state index in [1.165, 1.54) is 0 Å². The maximum Gasteiger partial charge on any atom is 0.119 e. The molecule has 1 aromatic heterocycles. The minimum Gasteiger partial charge on any atom is -0.497 e. The summed E-state index contributed by atoms with van der Waals surface area (Å²) in [7, 11) is 1.64. The van der Waals surface area contributed by atoms with Crippen LogP contribution in [0.15, 0.2) is 30.3 Å². The summed E-state index contributed by atoms with van der Waals surface area (Å²) in [4.78, 5) is 4.34. The van der Waals surface area contributed by atoms with E-state index in [1.807, 2.05) is 30.3 Å². The van der Waals surface area contributed by atoms with Gasteiger partial charge in [-0.1, -0.05) is 6.07 Å². The number of benzene rings is 1. The van der Waals surface area contributed by atoms with E-state index < -0.39 is 6.10 Å². The molecule has 0 aliphatic carbocycles. The molecule has 0 bridgehead atoms. The van der Waals surface area contributed by atoms with Crippen LogP contribution >= 0.6 is 0 Å². The number of aromatic nitrogens is 1. The van der Waals surface area contributed by atoms with E-state index in [0.29, 0.717) is 5.69 Å². The molecule has 0 aliphatic heterocycles. The summed E-state index contributed by atoms with van der Waals surface area (Å²) in [6.45, 7) is 1.71. The van der Waals surface area contributed by atoms with Crippen LogP contribution < -0.4 is 4.74 Å². The van der Waals surface area contributed by atoms with E-state index >= 15 is 0 Å². The summed E-state index contributed by atoms with van der Waals surface area (Å²) in [5, 5.41) is 10.4. The lowest BCUT2D eigenvalue weighted by Crippen LogP contribution is -1.95. The van der Waals surface area contributed by atoms with Crippen LogP contribution in [0, 0.1) is 0 Å². The van der Waals surface area contributed by atoms with Gasteiger partial charge < -0.3 is 9.84 Å². The molecule has 0 amide bonds. The average molecular weight is 203 g/mol. The lowest BCUT2D eigenvalue weighted by atomic mass is 10.1. The van der Waals surface area contributed by atoms with Gasteiger partial charge in [-0.2, -0.15) is 0 Å². The molecule has 0 fully saturated rings. The first-order valence-corrected chi connectivity index (χ1v) is 4.83. The molecule has 15 heavy (non-hydrogen) atoms. The molecule has 0 saturated carbocycles.